The number of hydrogen-bond acceptors (Lipinski definition) is 4. The smallest absolute Gasteiger partial charge is 0.310 e. The van der Waals surface area contributed by atoms with Crippen LogP contribution in [0, 0.1) is 10.1 Å². The number of nitro benzene ring substituents is 1. The first-order valence-electron chi connectivity index (χ1n) is 4.69. The van der Waals surface area contributed by atoms with Gasteiger partial charge in [0.25, 0.3) is 0 Å². The van der Waals surface area contributed by atoms with E-state index in [4.69, 9.17) is 9.47 Å². The van der Waals surface area contributed by atoms with Gasteiger partial charge in [-0.1, -0.05) is 12.1 Å². The van der Waals surface area contributed by atoms with E-state index in [-0.39, 0.29) is 11.4 Å². The summed E-state index contributed by atoms with van der Waals surface area (Å²) in [5.41, 5.74) is -0.0194. The normalized spacial score (nSPS) is 9.93. The van der Waals surface area contributed by atoms with Crippen LogP contribution in [0.25, 0.3) is 0 Å². The summed E-state index contributed by atoms with van der Waals surface area (Å²) in [5, 5.41) is 10.6. The fourth-order valence-electron chi connectivity index (χ4n) is 1.08. The molecular formula is C10H13NO4. The highest BCUT2D eigenvalue weighted by Gasteiger charge is 2.12. The second-order valence-electron chi connectivity index (χ2n) is 2.77. The molecule has 0 unspecified atom stereocenters. The van der Waals surface area contributed by atoms with Gasteiger partial charge in [-0.15, -0.1) is 0 Å². The van der Waals surface area contributed by atoms with Crippen molar-refractivity contribution in [3.05, 3.63) is 34.4 Å². The van der Waals surface area contributed by atoms with E-state index in [1.807, 2.05) is 6.92 Å². The van der Waals surface area contributed by atoms with Gasteiger partial charge in [-0.2, -0.15) is 0 Å². The quantitative estimate of drug-likeness (QED) is 0.410. The molecular weight excluding hydrogens is 198 g/mol. The minimum absolute atomic E-state index is 0.0194. The van der Waals surface area contributed by atoms with Crippen molar-refractivity contribution in [1.82, 2.24) is 0 Å². The van der Waals surface area contributed by atoms with Crippen molar-refractivity contribution in [2.45, 2.75) is 6.92 Å². The van der Waals surface area contributed by atoms with Crippen LogP contribution in [0.15, 0.2) is 24.3 Å². The molecule has 0 bridgehead atoms. The van der Waals surface area contributed by atoms with Crippen molar-refractivity contribution in [3.63, 3.8) is 0 Å². The first-order valence-corrected chi connectivity index (χ1v) is 4.69. The fourth-order valence-corrected chi connectivity index (χ4v) is 1.08. The number of hydrogen-bond donors (Lipinski definition) is 0. The summed E-state index contributed by atoms with van der Waals surface area (Å²) in [6.07, 6.45) is 0. The van der Waals surface area contributed by atoms with E-state index in [9.17, 15) is 10.1 Å². The average molecular weight is 211 g/mol. The zero-order chi connectivity index (χ0) is 11.1. The molecule has 0 aromatic heterocycles. The van der Waals surface area contributed by atoms with Crippen molar-refractivity contribution in [2.24, 2.45) is 0 Å². The number of para-hydroxylation sites is 2. The molecule has 0 fully saturated rings. The lowest BCUT2D eigenvalue weighted by atomic mass is 10.3. The summed E-state index contributed by atoms with van der Waals surface area (Å²) in [5.74, 6) is 0.280. The Bertz CT molecular complexity index is 327. The highest BCUT2D eigenvalue weighted by molar-refractivity contribution is 5.45. The zero-order valence-corrected chi connectivity index (χ0v) is 8.51. The molecule has 0 saturated carbocycles. The van der Waals surface area contributed by atoms with Gasteiger partial charge in [-0.05, 0) is 13.0 Å². The van der Waals surface area contributed by atoms with Crippen LogP contribution in [0.4, 0.5) is 5.69 Å². The van der Waals surface area contributed by atoms with Crippen LogP contribution in [0.1, 0.15) is 6.92 Å². The van der Waals surface area contributed by atoms with Crippen LogP contribution in [-0.2, 0) is 4.74 Å². The van der Waals surface area contributed by atoms with Gasteiger partial charge in [0.05, 0.1) is 11.5 Å². The predicted molar refractivity (Wildman–Crippen MR) is 55.1 cm³/mol. The molecule has 0 heterocycles. The highest BCUT2D eigenvalue weighted by atomic mass is 16.6. The predicted octanol–water partition coefficient (Wildman–Crippen LogP) is 2.01. The van der Waals surface area contributed by atoms with Gasteiger partial charge in [0.15, 0.2) is 5.75 Å². The molecule has 0 saturated heterocycles. The van der Waals surface area contributed by atoms with Crippen LogP contribution < -0.4 is 4.74 Å². The molecule has 0 aliphatic heterocycles. The molecule has 0 N–H and O–H groups in total. The Morgan fingerprint density at radius 3 is 2.73 bits per heavy atom. The molecule has 0 spiro atoms. The Morgan fingerprint density at radius 1 is 1.33 bits per heavy atom. The van der Waals surface area contributed by atoms with E-state index in [0.29, 0.717) is 19.8 Å². The van der Waals surface area contributed by atoms with Gasteiger partial charge < -0.3 is 9.47 Å². The first kappa shape index (κ1) is 11.5. The van der Waals surface area contributed by atoms with Crippen molar-refractivity contribution < 1.29 is 14.4 Å². The molecule has 0 aliphatic carbocycles. The van der Waals surface area contributed by atoms with Crippen LogP contribution in [0.3, 0.4) is 0 Å². The third-order valence-electron chi connectivity index (χ3n) is 1.75. The second kappa shape index (κ2) is 5.98. The monoisotopic (exact) mass is 211 g/mol. The van der Waals surface area contributed by atoms with Gasteiger partial charge in [-0.25, -0.2) is 0 Å². The molecule has 1 aromatic rings. The van der Waals surface area contributed by atoms with Crippen LogP contribution in [0.5, 0.6) is 5.75 Å². The van der Waals surface area contributed by atoms with E-state index in [0.717, 1.165) is 0 Å². The van der Waals surface area contributed by atoms with E-state index in [1.54, 1.807) is 18.2 Å². The lowest BCUT2D eigenvalue weighted by Crippen LogP contribution is -2.07. The van der Waals surface area contributed by atoms with Crippen LogP contribution in [-0.4, -0.2) is 24.7 Å². The van der Waals surface area contributed by atoms with Crippen molar-refractivity contribution in [1.29, 1.82) is 0 Å². The summed E-state index contributed by atoms with van der Waals surface area (Å²) in [7, 11) is 0. The highest BCUT2D eigenvalue weighted by Crippen LogP contribution is 2.25. The molecule has 15 heavy (non-hydrogen) atoms. The molecule has 82 valence electrons. The van der Waals surface area contributed by atoms with Gasteiger partial charge in [-0.3, -0.25) is 10.1 Å². The Morgan fingerprint density at radius 2 is 2.07 bits per heavy atom. The Kier molecular flexibility index (Phi) is 4.56. The Balaban J connectivity index is 2.56. The molecule has 0 aliphatic rings. The van der Waals surface area contributed by atoms with Gasteiger partial charge in [0.1, 0.15) is 6.61 Å². The third kappa shape index (κ3) is 3.55. The van der Waals surface area contributed by atoms with Gasteiger partial charge in [0, 0.05) is 12.7 Å². The van der Waals surface area contributed by atoms with E-state index < -0.39 is 4.92 Å². The minimum Gasteiger partial charge on any atom is -0.484 e. The minimum atomic E-state index is -0.462. The van der Waals surface area contributed by atoms with E-state index >= 15 is 0 Å². The largest absolute Gasteiger partial charge is 0.484 e. The summed E-state index contributed by atoms with van der Waals surface area (Å²) in [6.45, 7) is 3.24. The van der Waals surface area contributed by atoms with Crippen molar-refractivity contribution in [3.8, 4) is 5.75 Å². The number of rotatable bonds is 6. The second-order valence-corrected chi connectivity index (χ2v) is 2.77. The van der Waals surface area contributed by atoms with Crippen molar-refractivity contribution >= 4 is 5.69 Å². The maximum atomic E-state index is 10.6. The first-order chi connectivity index (χ1) is 7.25. The maximum Gasteiger partial charge on any atom is 0.310 e. The molecule has 1 aromatic carbocycles. The lowest BCUT2D eigenvalue weighted by molar-refractivity contribution is -0.385. The maximum absolute atomic E-state index is 10.6. The topological polar surface area (TPSA) is 61.6 Å². The number of nitro groups is 1. The molecule has 5 nitrogen and oxygen atoms in total. The Labute approximate surface area is 87.8 Å². The summed E-state index contributed by atoms with van der Waals surface area (Å²) in [4.78, 5) is 10.1. The number of nitrogens with zero attached hydrogens (tertiary/aromatic N) is 1. The van der Waals surface area contributed by atoms with Crippen LogP contribution >= 0.6 is 0 Å². The molecule has 0 radical (unpaired) electrons. The SMILES string of the molecule is CCOCCOc1ccccc1[N+](=O)[O-]. The summed E-state index contributed by atoms with van der Waals surface area (Å²) < 4.78 is 10.3. The van der Waals surface area contributed by atoms with E-state index in [2.05, 4.69) is 0 Å². The van der Waals surface area contributed by atoms with Gasteiger partial charge >= 0.3 is 5.69 Å². The zero-order valence-electron chi connectivity index (χ0n) is 8.51. The van der Waals surface area contributed by atoms with Crippen molar-refractivity contribution in [2.75, 3.05) is 19.8 Å². The summed E-state index contributed by atoms with van der Waals surface area (Å²) in [6, 6.07) is 6.29. The van der Waals surface area contributed by atoms with E-state index in [1.165, 1.54) is 6.07 Å². The number of ether oxygens (including phenoxy) is 2. The standard InChI is InChI=1S/C10H13NO4/c1-2-14-7-8-15-10-6-4-3-5-9(10)11(12)13/h3-6H,2,7-8H2,1H3. The third-order valence-corrected chi connectivity index (χ3v) is 1.75. The fraction of sp³-hybridized carbons (Fsp3) is 0.400. The average Bonchev–Trinajstić information content (AvgIpc) is 2.25. The van der Waals surface area contributed by atoms with Gasteiger partial charge in [0.2, 0.25) is 0 Å². The summed E-state index contributed by atoms with van der Waals surface area (Å²) >= 11 is 0. The Hall–Kier alpha value is -1.62. The molecule has 1 rings (SSSR count). The number of benzene rings is 1. The molecule has 0 atom stereocenters. The lowest BCUT2D eigenvalue weighted by Gasteiger charge is -2.05. The molecule has 5 heteroatoms. The van der Waals surface area contributed by atoms with Crippen LogP contribution in [0.2, 0.25) is 0 Å². The molecule has 0 amide bonds.